The molecule has 0 aliphatic carbocycles. The lowest BCUT2D eigenvalue weighted by molar-refractivity contribution is 0.577. The quantitative estimate of drug-likeness (QED) is 0.870. The van der Waals surface area contributed by atoms with Crippen molar-refractivity contribution in [2.45, 2.75) is 45.1 Å². The molecule has 0 N–H and O–H groups in total. The van der Waals surface area contributed by atoms with Crippen molar-refractivity contribution in [3.8, 4) is 0 Å². The van der Waals surface area contributed by atoms with Gasteiger partial charge in [0.05, 0.1) is 17.1 Å². The molecule has 0 spiro atoms. The van der Waals surface area contributed by atoms with E-state index >= 15 is 0 Å². The topological polar surface area (TPSA) is 55.2 Å². The number of hydrogen-bond acceptors (Lipinski definition) is 3. The molecule has 1 aliphatic heterocycles. The number of nitrogens with zero attached hydrogens (tertiary/aromatic N) is 3. The molecule has 2 aromatic rings. The molecule has 0 unspecified atom stereocenters. The average Bonchev–Trinajstić information content (AvgIpc) is 3.02. The molecule has 118 valence electrons. The van der Waals surface area contributed by atoms with Gasteiger partial charge in [-0.05, 0) is 38.3 Å². The Morgan fingerprint density at radius 2 is 1.95 bits per heavy atom. The molecule has 0 saturated heterocycles. The maximum absolute atomic E-state index is 13.1. The molecule has 0 fully saturated rings. The molecule has 0 amide bonds. The minimum atomic E-state index is -3.56. The predicted octanol–water partition coefficient (Wildman–Crippen LogP) is 2.66. The first-order valence-electron chi connectivity index (χ1n) is 7.61. The number of fused-ring (bicyclic) bond motifs is 1. The van der Waals surface area contributed by atoms with Crippen molar-refractivity contribution in [1.82, 2.24) is 9.78 Å². The first-order valence-corrected chi connectivity index (χ1v) is 9.05. The molecular formula is C16H21N3O2S. The van der Waals surface area contributed by atoms with Crippen molar-refractivity contribution in [1.29, 1.82) is 0 Å². The minimum absolute atomic E-state index is 0.359. The van der Waals surface area contributed by atoms with E-state index in [-0.39, 0.29) is 0 Å². The van der Waals surface area contributed by atoms with Gasteiger partial charge in [-0.25, -0.2) is 8.42 Å². The smallest absolute Gasteiger partial charge is 0.268 e. The van der Waals surface area contributed by atoms with Crippen LogP contribution in [0.25, 0.3) is 0 Å². The van der Waals surface area contributed by atoms with Crippen LogP contribution < -0.4 is 4.31 Å². The standard InChI is InChI=1S/C16H21N3O2S/c1-4-10-18-13(3)16(12(2)17-18)22(20,21)19-11-9-14-7-5-6-8-15(14)19/h5-8H,4,9-11H2,1-3H3. The van der Waals surface area contributed by atoms with E-state index in [4.69, 9.17) is 0 Å². The predicted molar refractivity (Wildman–Crippen MR) is 86.7 cm³/mol. The Labute approximate surface area is 131 Å². The fourth-order valence-corrected chi connectivity index (χ4v) is 5.03. The Balaban J connectivity index is 2.09. The Morgan fingerprint density at radius 3 is 2.68 bits per heavy atom. The molecule has 3 rings (SSSR count). The SMILES string of the molecule is CCCn1nc(C)c(S(=O)(=O)N2CCc3ccccc32)c1C. The molecule has 1 aliphatic rings. The molecule has 1 aromatic heterocycles. The van der Waals surface area contributed by atoms with E-state index in [9.17, 15) is 8.42 Å². The highest BCUT2D eigenvalue weighted by molar-refractivity contribution is 7.93. The van der Waals surface area contributed by atoms with E-state index in [1.807, 2.05) is 31.2 Å². The van der Waals surface area contributed by atoms with Crippen LogP contribution in [0.5, 0.6) is 0 Å². The normalized spacial score (nSPS) is 14.4. The lowest BCUT2D eigenvalue weighted by Crippen LogP contribution is -2.30. The Morgan fingerprint density at radius 1 is 1.23 bits per heavy atom. The van der Waals surface area contributed by atoms with Crippen LogP contribution in [0.4, 0.5) is 5.69 Å². The zero-order valence-corrected chi connectivity index (χ0v) is 14.0. The molecule has 0 saturated carbocycles. The van der Waals surface area contributed by atoms with E-state index in [1.54, 1.807) is 11.6 Å². The maximum atomic E-state index is 13.1. The van der Waals surface area contributed by atoms with Gasteiger partial charge in [-0.1, -0.05) is 25.1 Å². The number of aromatic nitrogens is 2. The molecule has 5 nitrogen and oxygen atoms in total. The summed E-state index contributed by atoms with van der Waals surface area (Å²) in [5.41, 5.74) is 3.19. The molecule has 2 heterocycles. The van der Waals surface area contributed by atoms with Gasteiger partial charge >= 0.3 is 0 Å². The number of hydrogen-bond donors (Lipinski definition) is 0. The third-order valence-corrected chi connectivity index (χ3v) is 6.21. The van der Waals surface area contributed by atoms with E-state index in [2.05, 4.69) is 12.0 Å². The van der Waals surface area contributed by atoms with Crippen LogP contribution in [-0.4, -0.2) is 24.7 Å². The van der Waals surface area contributed by atoms with Gasteiger partial charge in [0, 0.05) is 13.1 Å². The summed E-state index contributed by atoms with van der Waals surface area (Å²) in [5, 5.41) is 4.40. The van der Waals surface area contributed by atoms with Gasteiger partial charge in [0.15, 0.2) is 0 Å². The van der Waals surface area contributed by atoms with Crippen LogP contribution in [0.1, 0.15) is 30.3 Å². The van der Waals surface area contributed by atoms with Gasteiger partial charge in [0.2, 0.25) is 0 Å². The van der Waals surface area contributed by atoms with E-state index in [1.165, 1.54) is 4.31 Å². The van der Waals surface area contributed by atoms with Gasteiger partial charge in [-0.15, -0.1) is 0 Å². The number of para-hydroxylation sites is 1. The Kier molecular flexibility index (Phi) is 3.72. The van der Waals surface area contributed by atoms with Crippen molar-refractivity contribution in [2.24, 2.45) is 0 Å². The Hall–Kier alpha value is -1.82. The summed E-state index contributed by atoms with van der Waals surface area (Å²) in [6.07, 6.45) is 1.69. The zero-order chi connectivity index (χ0) is 15.9. The monoisotopic (exact) mass is 319 g/mol. The first-order chi connectivity index (χ1) is 10.5. The second kappa shape index (κ2) is 5.43. The van der Waals surface area contributed by atoms with Gasteiger partial charge in [0.1, 0.15) is 4.90 Å². The molecule has 0 bridgehead atoms. The summed E-state index contributed by atoms with van der Waals surface area (Å²) in [6, 6.07) is 7.70. The van der Waals surface area contributed by atoms with Gasteiger partial charge < -0.3 is 0 Å². The average molecular weight is 319 g/mol. The van der Waals surface area contributed by atoms with Crippen molar-refractivity contribution in [3.05, 3.63) is 41.2 Å². The summed E-state index contributed by atoms with van der Waals surface area (Å²) in [7, 11) is -3.56. The van der Waals surface area contributed by atoms with Gasteiger partial charge in [-0.3, -0.25) is 8.99 Å². The summed E-state index contributed by atoms with van der Waals surface area (Å²) in [4.78, 5) is 0.359. The minimum Gasteiger partial charge on any atom is -0.268 e. The molecule has 0 atom stereocenters. The van der Waals surface area contributed by atoms with Crippen LogP contribution in [0.2, 0.25) is 0 Å². The lowest BCUT2D eigenvalue weighted by Gasteiger charge is -2.19. The summed E-state index contributed by atoms with van der Waals surface area (Å²) < 4.78 is 29.6. The third kappa shape index (κ3) is 2.22. The molecular weight excluding hydrogens is 298 g/mol. The maximum Gasteiger partial charge on any atom is 0.268 e. The molecule has 0 radical (unpaired) electrons. The first kappa shape index (κ1) is 15.1. The highest BCUT2D eigenvalue weighted by atomic mass is 32.2. The molecule has 6 heteroatoms. The number of benzene rings is 1. The summed E-state index contributed by atoms with van der Waals surface area (Å²) in [5.74, 6) is 0. The largest absolute Gasteiger partial charge is 0.268 e. The lowest BCUT2D eigenvalue weighted by atomic mass is 10.2. The number of sulfonamides is 1. The zero-order valence-electron chi connectivity index (χ0n) is 13.2. The van der Waals surface area contributed by atoms with Crippen LogP contribution in [0.3, 0.4) is 0 Å². The molecule has 22 heavy (non-hydrogen) atoms. The second-order valence-corrected chi connectivity index (χ2v) is 7.48. The second-order valence-electron chi connectivity index (χ2n) is 5.68. The van der Waals surface area contributed by atoms with Gasteiger partial charge in [-0.2, -0.15) is 5.10 Å². The highest BCUT2D eigenvalue weighted by Gasteiger charge is 2.34. The van der Waals surface area contributed by atoms with E-state index in [0.717, 1.165) is 36.3 Å². The Bertz CT molecular complexity index is 809. The van der Waals surface area contributed by atoms with Crippen LogP contribution in [-0.2, 0) is 23.0 Å². The van der Waals surface area contributed by atoms with E-state index < -0.39 is 10.0 Å². The van der Waals surface area contributed by atoms with E-state index in [0.29, 0.717) is 17.1 Å². The molecule has 1 aromatic carbocycles. The van der Waals surface area contributed by atoms with Crippen LogP contribution in [0.15, 0.2) is 29.2 Å². The number of anilines is 1. The summed E-state index contributed by atoms with van der Waals surface area (Å²) >= 11 is 0. The fourth-order valence-electron chi connectivity index (χ4n) is 3.15. The summed E-state index contributed by atoms with van der Waals surface area (Å²) in [6.45, 7) is 6.90. The van der Waals surface area contributed by atoms with Crippen molar-refractivity contribution in [3.63, 3.8) is 0 Å². The highest BCUT2D eigenvalue weighted by Crippen LogP contribution is 2.34. The van der Waals surface area contributed by atoms with Crippen molar-refractivity contribution >= 4 is 15.7 Å². The fraction of sp³-hybridized carbons (Fsp3) is 0.438. The van der Waals surface area contributed by atoms with Crippen molar-refractivity contribution in [2.75, 3.05) is 10.8 Å². The van der Waals surface area contributed by atoms with Crippen molar-refractivity contribution < 1.29 is 8.42 Å². The van der Waals surface area contributed by atoms with Crippen LogP contribution in [0, 0.1) is 13.8 Å². The van der Waals surface area contributed by atoms with Gasteiger partial charge in [0.25, 0.3) is 10.0 Å². The number of aryl methyl sites for hydroxylation is 2. The third-order valence-electron chi connectivity index (χ3n) is 4.14. The number of rotatable bonds is 4. The van der Waals surface area contributed by atoms with Crippen LogP contribution >= 0.6 is 0 Å².